The van der Waals surface area contributed by atoms with Crippen LogP contribution in [0.15, 0.2) is 42.5 Å². The highest BCUT2D eigenvalue weighted by molar-refractivity contribution is 5.52. The van der Waals surface area contributed by atoms with Gasteiger partial charge in [-0.1, -0.05) is 18.2 Å². The number of halogens is 3. The SMILES string of the molecule is Cc1ccc(F)cc1NC(C)c1ccc(OC(F)F)cc1. The summed E-state index contributed by atoms with van der Waals surface area (Å²) in [5.74, 6) is -0.195. The number of alkyl halides is 2. The van der Waals surface area contributed by atoms with Gasteiger partial charge in [0.05, 0.1) is 0 Å². The number of aryl methyl sites for hydroxylation is 1. The number of ether oxygens (including phenoxy) is 1. The second-order valence-electron chi connectivity index (χ2n) is 4.77. The van der Waals surface area contributed by atoms with Crippen LogP contribution in [0.1, 0.15) is 24.1 Å². The van der Waals surface area contributed by atoms with Gasteiger partial charge in [0.25, 0.3) is 0 Å². The van der Waals surface area contributed by atoms with Crippen LogP contribution in [0.3, 0.4) is 0 Å². The second kappa shape index (κ2) is 6.52. The highest BCUT2D eigenvalue weighted by Crippen LogP contribution is 2.24. The molecule has 2 nitrogen and oxygen atoms in total. The lowest BCUT2D eigenvalue weighted by molar-refractivity contribution is -0.0498. The Labute approximate surface area is 121 Å². The third-order valence-electron chi connectivity index (χ3n) is 3.18. The average Bonchev–Trinajstić information content (AvgIpc) is 2.43. The van der Waals surface area contributed by atoms with Gasteiger partial charge in [-0.2, -0.15) is 8.78 Å². The molecule has 112 valence electrons. The van der Waals surface area contributed by atoms with E-state index in [1.807, 2.05) is 13.8 Å². The smallest absolute Gasteiger partial charge is 0.387 e. The van der Waals surface area contributed by atoms with E-state index in [0.717, 1.165) is 11.1 Å². The summed E-state index contributed by atoms with van der Waals surface area (Å²) in [5, 5.41) is 3.20. The Kier molecular flexibility index (Phi) is 4.73. The van der Waals surface area contributed by atoms with Crippen LogP contribution in [0, 0.1) is 12.7 Å². The minimum atomic E-state index is -2.83. The molecular weight excluding hydrogens is 279 g/mol. The van der Waals surface area contributed by atoms with E-state index >= 15 is 0 Å². The van der Waals surface area contributed by atoms with Crippen molar-refractivity contribution in [3.05, 3.63) is 59.4 Å². The summed E-state index contributed by atoms with van der Waals surface area (Å²) in [6.45, 7) is 0.961. The van der Waals surface area contributed by atoms with Crippen LogP contribution >= 0.6 is 0 Å². The maximum Gasteiger partial charge on any atom is 0.387 e. The van der Waals surface area contributed by atoms with Crippen molar-refractivity contribution in [2.45, 2.75) is 26.5 Å². The Morgan fingerprint density at radius 1 is 1.05 bits per heavy atom. The first-order valence-corrected chi connectivity index (χ1v) is 6.53. The zero-order chi connectivity index (χ0) is 15.4. The van der Waals surface area contributed by atoms with Gasteiger partial charge in [-0.25, -0.2) is 4.39 Å². The molecule has 1 atom stereocenters. The number of hydrogen-bond donors (Lipinski definition) is 1. The normalized spacial score (nSPS) is 12.3. The highest BCUT2D eigenvalue weighted by atomic mass is 19.3. The lowest BCUT2D eigenvalue weighted by Crippen LogP contribution is -2.08. The topological polar surface area (TPSA) is 21.3 Å². The predicted octanol–water partition coefficient (Wildman–Crippen LogP) is 4.91. The van der Waals surface area contributed by atoms with Crippen molar-refractivity contribution in [2.75, 3.05) is 5.32 Å². The van der Waals surface area contributed by atoms with Gasteiger partial charge in [-0.05, 0) is 49.2 Å². The minimum Gasteiger partial charge on any atom is -0.435 e. The van der Waals surface area contributed by atoms with E-state index in [1.54, 1.807) is 18.2 Å². The van der Waals surface area contributed by atoms with Crippen molar-refractivity contribution < 1.29 is 17.9 Å². The number of anilines is 1. The molecule has 0 aliphatic rings. The molecule has 0 saturated carbocycles. The van der Waals surface area contributed by atoms with Gasteiger partial charge in [0.15, 0.2) is 0 Å². The number of nitrogens with one attached hydrogen (secondary N) is 1. The fourth-order valence-electron chi connectivity index (χ4n) is 2.00. The Bertz CT molecular complexity index is 599. The molecule has 0 aromatic heterocycles. The van der Waals surface area contributed by atoms with E-state index in [-0.39, 0.29) is 17.6 Å². The van der Waals surface area contributed by atoms with Crippen molar-refractivity contribution in [2.24, 2.45) is 0 Å². The maximum atomic E-state index is 13.2. The van der Waals surface area contributed by atoms with Crippen molar-refractivity contribution in [1.29, 1.82) is 0 Å². The average molecular weight is 295 g/mol. The van der Waals surface area contributed by atoms with Crippen molar-refractivity contribution >= 4 is 5.69 Å². The molecule has 2 rings (SSSR count). The Hall–Kier alpha value is -2.17. The predicted molar refractivity (Wildman–Crippen MR) is 76.2 cm³/mol. The molecule has 21 heavy (non-hydrogen) atoms. The number of benzene rings is 2. The monoisotopic (exact) mass is 295 g/mol. The second-order valence-corrected chi connectivity index (χ2v) is 4.77. The molecule has 0 heterocycles. The summed E-state index contributed by atoms with van der Waals surface area (Å²) in [5.41, 5.74) is 2.52. The summed E-state index contributed by atoms with van der Waals surface area (Å²) < 4.78 is 41.7. The van der Waals surface area contributed by atoms with Crippen molar-refractivity contribution in [3.8, 4) is 5.75 Å². The van der Waals surface area contributed by atoms with Gasteiger partial charge in [-0.15, -0.1) is 0 Å². The Morgan fingerprint density at radius 2 is 1.71 bits per heavy atom. The van der Waals surface area contributed by atoms with E-state index in [1.165, 1.54) is 24.3 Å². The molecule has 5 heteroatoms. The van der Waals surface area contributed by atoms with Gasteiger partial charge < -0.3 is 10.1 Å². The quantitative estimate of drug-likeness (QED) is 0.846. The molecule has 0 aliphatic carbocycles. The lowest BCUT2D eigenvalue weighted by atomic mass is 10.1. The van der Waals surface area contributed by atoms with Gasteiger partial charge in [0, 0.05) is 11.7 Å². The summed E-state index contributed by atoms with van der Waals surface area (Å²) in [4.78, 5) is 0. The molecule has 0 bridgehead atoms. The molecule has 0 spiro atoms. The third kappa shape index (κ3) is 4.15. The highest BCUT2D eigenvalue weighted by Gasteiger charge is 2.09. The first-order chi connectivity index (χ1) is 9.95. The van der Waals surface area contributed by atoms with E-state index < -0.39 is 6.61 Å². The first-order valence-electron chi connectivity index (χ1n) is 6.53. The van der Waals surface area contributed by atoms with Gasteiger partial charge in [0.1, 0.15) is 11.6 Å². The Balaban J connectivity index is 2.09. The van der Waals surface area contributed by atoms with Crippen LogP contribution in [0.2, 0.25) is 0 Å². The first kappa shape index (κ1) is 15.2. The van der Waals surface area contributed by atoms with Crippen molar-refractivity contribution in [1.82, 2.24) is 0 Å². The van der Waals surface area contributed by atoms with Crippen LogP contribution < -0.4 is 10.1 Å². The number of hydrogen-bond acceptors (Lipinski definition) is 2. The van der Waals surface area contributed by atoms with Gasteiger partial charge in [-0.3, -0.25) is 0 Å². The molecule has 2 aromatic carbocycles. The fourth-order valence-corrected chi connectivity index (χ4v) is 2.00. The fraction of sp³-hybridized carbons (Fsp3) is 0.250. The summed E-state index contributed by atoms with van der Waals surface area (Å²) in [6.07, 6.45) is 0. The van der Waals surface area contributed by atoms with Crippen LogP contribution in [0.5, 0.6) is 5.75 Å². The molecule has 2 aromatic rings. The van der Waals surface area contributed by atoms with Gasteiger partial charge in [0.2, 0.25) is 0 Å². The van der Waals surface area contributed by atoms with Gasteiger partial charge >= 0.3 is 6.61 Å². The van der Waals surface area contributed by atoms with Crippen LogP contribution in [-0.4, -0.2) is 6.61 Å². The van der Waals surface area contributed by atoms with E-state index in [0.29, 0.717) is 5.69 Å². The molecule has 0 radical (unpaired) electrons. The molecule has 0 fully saturated rings. The van der Waals surface area contributed by atoms with Crippen LogP contribution in [-0.2, 0) is 0 Å². The molecule has 0 saturated heterocycles. The zero-order valence-electron chi connectivity index (χ0n) is 11.7. The zero-order valence-corrected chi connectivity index (χ0v) is 11.7. The minimum absolute atomic E-state index is 0.0916. The standard InChI is InChI=1S/C16H16F3NO/c1-10-3-6-13(17)9-15(10)20-11(2)12-4-7-14(8-5-12)21-16(18)19/h3-9,11,16,20H,1-2H3. The van der Waals surface area contributed by atoms with E-state index in [4.69, 9.17) is 0 Å². The van der Waals surface area contributed by atoms with E-state index in [9.17, 15) is 13.2 Å². The van der Waals surface area contributed by atoms with Crippen LogP contribution in [0.25, 0.3) is 0 Å². The largest absolute Gasteiger partial charge is 0.435 e. The summed E-state index contributed by atoms with van der Waals surface area (Å²) in [7, 11) is 0. The van der Waals surface area contributed by atoms with E-state index in [2.05, 4.69) is 10.1 Å². The molecule has 0 aliphatic heterocycles. The van der Waals surface area contributed by atoms with Crippen molar-refractivity contribution in [3.63, 3.8) is 0 Å². The summed E-state index contributed by atoms with van der Waals surface area (Å²) in [6, 6.07) is 10.8. The number of rotatable bonds is 5. The third-order valence-corrected chi connectivity index (χ3v) is 3.18. The Morgan fingerprint density at radius 3 is 2.33 bits per heavy atom. The summed E-state index contributed by atoms with van der Waals surface area (Å²) >= 11 is 0. The maximum absolute atomic E-state index is 13.2. The molecule has 1 N–H and O–H groups in total. The van der Waals surface area contributed by atoms with Crippen LogP contribution in [0.4, 0.5) is 18.9 Å². The lowest BCUT2D eigenvalue weighted by Gasteiger charge is -2.18. The molecular formula is C16H16F3NO. The molecule has 0 amide bonds. The molecule has 1 unspecified atom stereocenters.